The van der Waals surface area contributed by atoms with Crippen LogP contribution in [-0.4, -0.2) is 15.8 Å². The van der Waals surface area contributed by atoms with Crippen LogP contribution in [0.4, 0.5) is 10.8 Å². The number of carbonyl (C=O) groups excluding carboxylic acids is 1. The third kappa shape index (κ3) is 3.86. The van der Waals surface area contributed by atoms with E-state index in [0.717, 1.165) is 21.3 Å². The molecule has 0 bridgehead atoms. The summed E-state index contributed by atoms with van der Waals surface area (Å²) in [5.41, 5.74) is 3.22. The van der Waals surface area contributed by atoms with Gasteiger partial charge in [-0.25, -0.2) is 4.98 Å². The van der Waals surface area contributed by atoms with Gasteiger partial charge >= 0.3 is 0 Å². The van der Waals surface area contributed by atoms with Crippen molar-refractivity contribution < 1.29 is 9.72 Å². The molecule has 4 rings (SSSR count). The first-order valence-electron chi connectivity index (χ1n) is 8.99. The van der Waals surface area contributed by atoms with Gasteiger partial charge in [0, 0.05) is 17.7 Å². The van der Waals surface area contributed by atoms with Crippen LogP contribution >= 0.6 is 11.3 Å². The predicted molar refractivity (Wildman–Crippen MR) is 114 cm³/mol. The van der Waals surface area contributed by atoms with E-state index in [4.69, 9.17) is 4.98 Å². The van der Waals surface area contributed by atoms with Gasteiger partial charge in [-0.05, 0) is 36.2 Å². The van der Waals surface area contributed by atoms with Crippen molar-refractivity contribution in [2.24, 2.45) is 0 Å². The summed E-state index contributed by atoms with van der Waals surface area (Å²) in [5.74, 6) is -0.250. The van der Waals surface area contributed by atoms with Crippen LogP contribution in [0.5, 0.6) is 0 Å². The summed E-state index contributed by atoms with van der Waals surface area (Å²) in [6, 6.07) is 21.3. The minimum atomic E-state index is -0.480. The SMILES string of the molecule is Cc1cccc2sc(N(Cc3ccccc3)C(=O)c3ccc([N+](=O)[O-])cc3)nc12. The van der Waals surface area contributed by atoms with Gasteiger partial charge in [0.1, 0.15) is 0 Å². The molecule has 6 nitrogen and oxygen atoms in total. The first-order chi connectivity index (χ1) is 14.0. The molecule has 0 N–H and O–H groups in total. The molecule has 0 aliphatic carbocycles. The van der Waals surface area contributed by atoms with Crippen LogP contribution in [0.15, 0.2) is 72.8 Å². The lowest BCUT2D eigenvalue weighted by molar-refractivity contribution is -0.384. The molecule has 0 aliphatic rings. The van der Waals surface area contributed by atoms with Gasteiger partial charge in [-0.1, -0.05) is 53.8 Å². The van der Waals surface area contributed by atoms with Crippen molar-refractivity contribution in [2.75, 3.05) is 4.90 Å². The van der Waals surface area contributed by atoms with E-state index in [-0.39, 0.29) is 11.6 Å². The maximum Gasteiger partial charge on any atom is 0.269 e. The van der Waals surface area contributed by atoms with Gasteiger partial charge < -0.3 is 0 Å². The van der Waals surface area contributed by atoms with Crippen LogP contribution in [0, 0.1) is 17.0 Å². The smallest absolute Gasteiger partial charge is 0.269 e. The van der Waals surface area contributed by atoms with Crippen molar-refractivity contribution >= 4 is 38.3 Å². The highest BCUT2D eigenvalue weighted by Gasteiger charge is 2.22. The Balaban J connectivity index is 1.75. The maximum absolute atomic E-state index is 13.3. The number of anilines is 1. The number of nitro groups is 1. The second-order valence-corrected chi connectivity index (χ2v) is 7.61. The van der Waals surface area contributed by atoms with Crippen LogP contribution in [0.2, 0.25) is 0 Å². The number of nitrogens with zero attached hydrogens (tertiary/aromatic N) is 3. The Kier molecular flexibility index (Phi) is 5.05. The van der Waals surface area contributed by atoms with Crippen molar-refractivity contribution in [1.82, 2.24) is 4.98 Å². The van der Waals surface area contributed by atoms with E-state index >= 15 is 0 Å². The van der Waals surface area contributed by atoms with Gasteiger partial charge in [0.25, 0.3) is 11.6 Å². The molecule has 0 spiro atoms. The molecule has 144 valence electrons. The third-order valence-electron chi connectivity index (χ3n) is 4.59. The molecule has 0 saturated carbocycles. The second kappa shape index (κ2) is 7.81. The Bertz CT molecular complexity index is 1190. The lowest BCUT2D eigenvalue weighted by atomic mass is 10.1. The number of fused-ring (bicyclic) bond motifs is 1. The predicted octanol–water partition coefficient (Wildman–Crippen LogP) is 5.36. The number of rotatable bonds is 5. The average molecular weight is 403 g/mol. The summed E-state index contributed by atoms with van der Waals surface area (Å²) in [6.45, 7) is 2.35. The van der Waals surface area contributed by atoms with Crippen molar-refractivity contribution in [3.05, 3.63) is 99.6 Å². The van der Waals surface area contributed by atoms with E-state index in [9.17, 15) is 14.9 Å². The van der Waals surface area contributed by atoms with Crippen LogP contribution < -0.4 is 4.90 Å². The Morgan fingerprint density at radius 3 is 2.41 bits per heavy atom. The number of thiazole rings is 1. The second-order valence-electron chi connectivity index (χ2n) is 6.60. The fraction of sp³-hybridized carbons (Fsp3) is 0.0909. The molecule has 1 aromatic heterocycles. The molecule has 4 aromatic rings. The van der Waals surface area contributed by atoms with Gasteiger partial charge in [0.2, 0.25) is 0 Å². The standard InChI is InChI=1S/C22H17N3O3S/c1-15-6-5-9-19-20(15)23-22(29-19)24(14-16-7-3-2-4-8-16)21(26)17-10-12-18(13-11-17)25(27)28/h2-13H,14H2,1H3. The minimum absolute atomic E-state index is 0.0493. The lowest BCUT2D eigenvalue weighted by Gasteiger charge is -2.20. The largest absolute Gasteiger partial charge is 0.279 e. The molecule has 1 amide bonds. The van der Waals surface area contributed by atoms with Crippen LogP contribution in [0.1, 0.15) is 21.5 Å². The van der Waals surface area contributed by atoms with Gasteiger partial charge in [-0.15, -0.1) is 0 Å². The van der Waals surface area contributed by atoms with Gasteiger partial charge in [-0.3, -0.25) is 19.8 Å². The fourth-order valence-electron chi connectivity index (χ4n) is 3.06. The first-order valence-corrected chi connectivity index (χ1v) is 9.81. The normalized spacial score (nSPS) is 10.8. The van der Waals surface area contributed by atoms with E-state index < -0.39 is 4.92 Å². The number of amides is 1. The van der Waals surface area contributed by atoms with Crippen LogP contribution in [0.3, 0.4) is 0 Å². The number of aryl methyl sites for hydroxylation is 1. The van der Waals surface area contributed by atoms with Crippen molar-refractivity contribution in [3.8, 4) is 0 Å². The third-order valence-corrected chi connectivity index (χ3v) is 5.64. The molecule has 0 saturated heterocycles. The van der Waals surface area contributed by atoms with Crippen LogP contribution in [0.25, 0.3) is 10.2 Å². The van der Waals surface area contributed by atoms with Gasteiger partial charge in [0.15, 0.2) is 5.13 Å². The summed E-state index contributed by atoms with van der Waals surface area (Å²) in [6.07, 6.45) is 0. The quantitative estimate of drug-likeness (QED) is 0.332. The Morgan fingerprint density at radius 2 is 1.76 bits per heavy atom. The van der Waals surface area contributed by atoms with E-state index in [0.29, 0.717) is 17.2 Å². The molecule has 0 aliphatic heterocycles. The molecule has 3 aromatic carbocycles. The molecule has 0 fully saturated rings. The topological polar surface area (TPSA) is 76.3 Å². The molecule has 0 atom stereocenters. The first kappa shape index (κ1) is 18.8. The number of nitro benzene ring substituents is 1. The van der Waals surface area contributed by atoms with Gasteiger partial charge in [0.05, 0.1) is 21.7 Å². The Hall–Kier alpha value is -3.58. The van der Waals surface area contributed by atoms with E-state index in [1.165, 1.54) is 35.6 Å². The highest BCUT2D eigenvalue weighted by Crippen LogP contribution is 2.32. The summed E-state index contributed by atoms with van der Waals surface area (Å²) in [4.78, 5) is 30.1. The number of benzene rings is 3. The van der Waals surface area contributed by atoms with Gasteiger partial charge in [-0.2, -0.15) is 0 Å². The maximum atomic E-state index is 13.3. The van der Waals surface area contributed by atoms with E-state index in [1.807, 2.05) is 55.5 Å². The Labute approximate surface area is 171 Å². The summed E-state index contributed by atoms with van der Waals surface area (Å²) in [7, 11) is 0. The fourth-order valence-corrected chi connectivity index (χ4v) is 4.10. The van der Waals surface area contributed by atoms with Crippen LogP contribution in [-0.2, 0) is 6.54 Å². The number of non-ortho nitro benzene ring substituents is 1. The molecule has 29 heavy (non-hydrogen) atoms. The van der Waals surface area contributed by atoms with E-state index in [2.05, 4.69) is 0 Å². The van der Waals surface area contributed by atoms with Crippen molar-refractivity contribution in [2.45, 2.75) is 13.5 Å². The highest BCUT2D eigenvalue weighted by molar-refractivity contribution is 7.22. The molecular formula is C22H17N3O3S. The molecule has 0 radical (unpaired) electrons. The number of carbonyl (C=O) groups is 1. The number of aromatic nitrogens is 1. The summed E-state index contributed by atoms with van der Waals surface area (Å²) >= 11 is 1.46. The monoisotopic (exact) mass is 403 g/mol. The minimum Gasteiger partial charge on any atom is -0.279 e. The molecule has 7 heteroatoms. The zero-order valence-electron chi connectivity index (χ0n) is 15.6. The average Bonchev–Trinajstić information content (AvgIpc) is 3.18. The van der Waals surface area contributed by atoms with E-state index in [1.54, 1.807) is 4.90 Å². The number of hydrogen-bond acceptors (Lipinski definition) is 5. The summed E-state index contributed by atoms with van der Waals surface area (Å²) in [5, 5.41) is 11.5. The summed E-state index contributed by atoms with van der Waals surface area (Å²) < 4.78 is 1.01. The Morgan fingerprint density at radius 1 is 1.03 bits per heavy atom. The zero-order valence-corrected chi connectivity index (χ0v) is 16.4. The number of hydrogen-bond donors (Lipinski definition) is 0. The molecular weight excluding hydrogens is 386 g/mol. The van der Waals surface area contributed by atoms with Crippen molar-refractivity contribution in [1.29, 1.82) is 0 Å². The number of para-hydroxylation sites is 1. The lowest BCUT2D eigenvalue weighted by Crippen LogP contribution is -2.30. The molecule has 0 unspecified atom stereocenters. The molecule has 1 heterocycles. The highest BCUT2D eigenvalue weighted by atomic mass is 32.1. The zero-order chi connectivity index (χ0) is 20.4. The van der Waals surface area contributed by atoms with Crippen molar-refractivity contribution in [3.63, 3.8) is 0 Å².